The predicted octanol–water partition coefficient (Wildman–Crippen LogP) is 5.34. The van der Waals surface area contributed by atoms with Gasteiger partial charge < -0.3 is 26.0 Å². The van der Waals surface area contributed by atoms with Crippen LogP contribution in [0.1, 0.15) is 83.1 Å². The molecule has 3 rings (SSSR count). The van der Waals surface area contributed by atoms with E-state index in [1.54, 1.807) is 38.1 Å². The van der Waals surface area contributed by atoms with E-state index in [-0.39, 0.29) is 83.1 Å². The number of nitrogens with one attached hydrogen (secondary N) is 1. The number of hydrogen-bond donors (Lipinski definition) is 4. The number of fused-ring (bicyclic) bond motifs is 2. The molecule has 1 aliphatic carbocycles. The van der Waals surface area contributed by atoms with Crippen molar-refractivity contribution < 1.29 is 43.7 Å². The summed E-state index contributed by atoms with van der Waals surface area (Å²) in [4.78, 5) is 76.3. The largest absolute Gasteiger partial charge is 0.478 e. The van der Waals surface area contributed by atoms with Crippen LogP contribution in [-0.2, 0) is 30.3 Å². The third kappa shape index (κ3) is 10.8. The number of ketones is 3. The van der Waals surface area contributed by atoms with Crippen molar-refractivity contribution in [1.82, 2.24) is 5.32 Å². The smallest absolute Gasteiger partial charge is 0.405 e. The van der Waals surface area contributed by atoms with Crippen LogP contribution in [-0.4, -0.2) is 57.7 Å². The number of amides is 2. The standard InChI is InChI=1S/C39H48N2O9/c1-21-16-24(4)34(44)25(5)18-26(6)36(50-39(40)49)22(2)8-7-9-23(3)37(46)41-32-20-33(43)30(31(17-21)35(32)45)15-14-29(42)19-27-10-12-28(13-11-27)38(47)48/h7-13,18,20-22,24-25,34,36,44H,14-17,19H2,1-6H3,(H2,40,49)(H,41,46)(H,47,48)/b8-7-,23-9+,26-18+/t21-,22-,24?,25-,34-,36+/m0/s1. The van der Waals surface area contributed by atoms with Crippen molar-refractivity contribution in [3.8, 4) is 0 Å². The van der Waals surface area contributed by atoms with E-state index >= 15 is 0 Å². The maximum Gasteiger partial charge on any atom is 0.405 e. The molecule has 0 spiro atoms. The van der Waals surface area contributed by atoms with Gasteiger partial charge in [0.25, 0.3) is 5.91 Å². The average molecular weight is 689 g/mol. The summed E-state index contributed by atoms with van der Waals surface area (Å²) in [7, 11) is 0. The van der Waals surface area contributed by atoms with E-state index < -0.39 is 41.7 Å². The van der Waals surface area contributed by atoms with Gasteiger partial charge in [-0.2, -0.15) is 0 Å². The molecular weight excluding hydrogens is 640 g/mol. The second kappa shape index (κ2) is 17.7. The highest BCUT2D eigenvalue weighted by Crippen LogP contribution is 2.32. The van der Waals surface area contributed by atoms with E-state index in [1.807, 2.05) is 33.8 Å². The lowest BCUT2D eigenvalue weighted by molar-refractivity contribution is -0.120. The Balaban J connectivity index is 1.94. The van der Waals surface area contributed by atoms with E-state index in [9.17, 15) is 33.9 Å². The molecule has 50 heavy (non-hydrogen) atoms. The molecule has 11 nitrogen and oxygen atoms in total. The first-order valence-electron chi connectivity index (χ1n) is 16.8. The Bertz CT molecular complexity index is 1660. The highest BCUT2D eigenvalue weighted by Gasteiger charge is 2.32. The Morgan fingerprint density at radius 1 is 1.00 bits per heavy atom. The van der Waals surface area contributed by atoms with Gasteiger partial charge in [-0.15, -0.1) is 0 Å². The summed E-state index contributed by atoms with van der Waals surface area (Å²) in [6.07, 6.45) is 6.15. The van der Waals surface area contributed by atoms with Crippen molar-refractivity contribution in [1.29, 1.82) is 0 Å². The number of hydrogen-bond acceptors (Lipinski definition) is 8. The molecule has 6 atom stereocenters. The molecule has 1 heterocycles. The zero-order valence-electron chi connectivity index (χ0n) is 29.5. The number of primary amides is 1. The zero-order chi connectivity index (χ0) is 37.3. The quantitative estimate of drug-likeness (QED) is 0.216. The molecule has 0 fully saturated rings. The summed E-state index contributed by atoms with van der Waals surface area (Å²) in [5.74, 6) is -3.88. The van der Waals surface area contributed by atoms with E-state index in [0.29, 0.717) is 17.6 Å². The fourth-order valence-corrected chi connectivity index (χ4v) is 6.51. The van der Waals surface area contributed by atoms with E-state index in [0.717, 1.165) is 6.08 Å². The van der Waals surface area contributed by atoms with Gasteiger partial charge in [-0.05, 0) is 68.2 Å². The number of aliphatic hydroxyl groups excluding tert-OH is 1. The summed E-state index contributed by atoms with van der Waals surface area (Å²) in [6, 6.07) is 5.98. The molecule has 1 aromatic rings. The molecule has 5 N–H and O–H groups in total. The summed E-state index contributed by atoms with van der Waals surface area (Å²) in [5, 5.41) is 23.0. The van der Waals surface area contributed by atoms with Crippen LogP contribution in [0.3, 0.4) is 0 Å². The van der Waals surface area contributed by atoms with Crippen molar-refractivity contribution in [3.63, 3.8) is 0 Å². The number of carboxylic acid groups (broad SMARTS) is 1. The first-order chi connectivity index (χ1) is 23.5. The van der Waals surface area contributed by atoms with Crippen LogP contribution in [0.2, 0.25) is 0 Å². The van der Waals surface area contributed by atoms with Gasteiger partial charge in [-0.3, -0.25) is 19.2 Å². The van der Waals surface area contributed by atoms with Gasteiger partial charge in [0.1, 0.15) is 11.9 Å². The number of aromatic carboxylic acids is 1. The van der Waals surface area contributed by atoms with Crippen LogP contribution in [0.5, 0.6) is 0 Å². The van der Waals surface area contributed by atoms with Crippen molar-refractivity contribution in [3.05, 3.63) is 93.8 Å². The third-order valence-electron chi connectivity index (χ3n) is 9.22. The number of aliphatic hydroxyl groups is 1. The van der Waals surface area contributed by atoms with Crippen LogP contribution < -0.4 is 11.1 Å². The third-order valence-corrected chi connectivity index (χ3v) is 9.22. The number of rotatable bonds is 7. The van der Waals surface area contributed by atoms with Crippen LogP contribution >= 0.6 is 0 Å². The van der Waals surface area contributed by atoms with E-state index in [1.165, 1.54) is 18.2 Å². The SMILES string of the molecule is C/C1=C\C=C/[C@H](C)[C@@H](OC(N)=O)/C(C)=C/[C@H](C)[C@@H](O)C(C)C[C@H](C)CC2=C(CCC(=O)Cc3ccc(C(=O)O)cc3)C(=O)C=C(NC1=O)C2=O. The topological polar surface area (TPSA) is 190 Å². The number of carbonyl (C=O) groups is 6. The highest BCUT2D eigenvalue weighted by atomic mass is 16.6. The van der Waals surface area contributed by atoms with Crippen molar-refractivity contribution in [2.45, 2.75) is 85.9 Å². The number of carboxylic acids is 1. The molecule has 1 aliphatic heterocycles. The van der Waals surface area contributed by atoms with Gasteiger partial charge in [0.05, 0.1) is 17.4 Å². The first kappa shape index (κ1) is 39.5. The summed E-state index contributed by atoms with van der Waals surface area (Å²) >= 11 is 0. The molecule has 0 radical (unpaired) electrons. The van der Waals surface area contributed by atoms with Crippen LogP contribution in [0, 0.1) is 23.7 Å². The fraction of sp³-hybridized carbons (Fsp3) is 0.436. The van der Waals surface area contributed by atoms with Crippen molar-refractivity contribution in [2.24, 2.45) is 29.4 Å². The Morgan fingerprint density at radius 2 is 1.66 bits per heavy atom. The molecule has 11 heteroatoms. The molecule has 0 saturated heterocycles. The number of Topliss-reactive ketones (excluding diaryl/α,β-unsaturated/α-hetero) is 2. The van der Waals surface area contributed by atoms with Crippen LogP contribution in [0.4, 0.5) is 4.79 Å². The Labute approximate surface area is 293 Å². The molecule has 2 aliphatic rings. The Morgan fingerprint density at radius 3 is 2.28 bits per heavy atom. The molecule has 0 aromatic heterocycles. The molecule has 1 unspecified atom stereocenters. The van der Waals surface area contributed by atoms with Gasteiger partial charge in [0.15, 0.2) is 5.78 Å². The van der Waals surface area contributed by atoms with Crippen LogP contribution in [0.15, 0.2) is 82.6 Å². The van der Waals surface area contributed by atoms with Crippen molar-refractivity contribution in [2.75, 3.05) is 0 Å². The predicted molar refractivity (Wildman–Crippen MR) is 188 cm³/mol. The summed E-state index contributed by atoms with van der Waals surface area (Å²) in [5.41, 5.74) is 7.34. The summed E-state index contributed by atoms with van der Waals surface area (Å²) in [6.45, 7) is 10.9. The van der Waals surface area contributed by atoms with E-state index in [4.69, 9.17) is 15.6 Å². The minimum Gasteiger partial charge on any atom is -0.478 e. The van der Waals surface area contributed by atoms with Crippen molar-refractivity contribution >= 4 is 35.3 Å². The van der Waals surface area contributed by atoms with Gasteiger partial charge in [0.2, 0.25) is 5.78 Å². The Kier molecular flexibility index (Phi) is 14.0. The number of nitrogens with two attached hydrogens (primary N) is 1. The summed E-state index contributed by atoms with van der Waals surface area (Å²) < 4.78 is 5.42. The molecular formula is C39H48N2O9. The first-order valence-corrected chi connectivity index (χ1v) is 16.8. The second-order valence-corrected chi connectivity index (χ2v) is 13.6. The normalized spacial score (nSPS) is 28.4. The lowest BCUT2D eigenvalue weighted by atomic mass is 9.80. The maximum absolute atomic E-state index is 13.9. The number of allylic oxidation sites excluding steroid dienone is 5. The number of ether oxygens (including phenoxy) is 1. The zero-order valence-corrected chi connectivity index (χ0v) is 29.5. The van der Waals surface area contributed by atoms with Crippen LogP contribution in [0.25, 0.3) is 0 Å². The lowest BCUT2D eigenvalue weighted by Gasteiger charge is -2.28. The monoisotopic (exact) mass is 688 g/mol. The number of carbonyl (C=O) groups excluding carboxylic acids is 5. The highest BCUT2D eigenvalue weighted by molar-refractivity contribution is 6.24. The Hall–Kier alpha value is -4.90. The molecule has 1 aromatic carbocycles. The molecule has 2 bridgehead atoms. The second-order valence-electron chi connectivity index (χ2n) is 13.6. The van der Waals surface area contributed by atoms with Gasteiger partial charge in [-0.1, -0.05) is 64.1 Å². The average Bonchev–Trinajstić information content (AvgIpc) is 3.04. The fourth-order valence-electron chi connectivity index (χ4n) is 6.51. The minimum atomic E-state index is -1.07. The van der Waals surface area contributed by atoms with Gasteiger partial charge >= 0.3 is 12.1 Å². The molecule has 2 amide bonds. The molecule has 0 saturated carbocycles. The lowest BCUT2D eigenvalue weighted by Crippen LogP contribution is -2.33. The number of benzene rings is 1. The maximum atomic E-state index is 13.9. The van der Waals surface area contributed by atoms with E-state index in [2.05, 4.69) is 5.32 Å². The van der Waals surface area contributed by atoms with Gasteiger partial charge in [-0.25, -0.2) is 9.59 Å². The molecule has 268 valence electrons. The van der Waals surface area contributed by atoms with Gasteiger partial charge in [0, 0.05) is 47.5 Å². The minimum absolute atomic E-state index is 0.0200.